The molecule has 13 heavy (non-hydrogen) atoms. The predicted molar refractivity (Wildman–Crippen MR) is 52.1 cm³/mol. The highest BCUT2D eigenvalue weighted by atomic mass is 19.1. The number of hydrogen-bond acceptors (Lipinski definition) is 2. The molecule has 1 heterocycles. The molecule has 1 aromatic rings. The lowest BCUT2D eigenvalue weighted by Crippen LogP contribution is -2.10. The van der Waals surface area contributed by atoms with Crippen LogP contribution in [0.1, 0.15) is 20.3 Å². The average Bonchev–Trinajstić information content (AvgIpc) is 2.14. The third-order valence-corrected chi connectivity index (χ3v) is 2.06. The van der Waals surface area contributed by atoms with Crippen molar-refractivity contribution in [3.05, 3.63) is 24.3 Å². The van der Waals surface area contributed by atoms with Crippen LogP contribution in [0.5, 0.6) is 0 Å². The molecule has 0 spiro atoms. The van der Waals surface area contributed by atoms with E-state index in [9.17, 15) is 4.39 Å². The average molecular weight is 182 g/mol. The Balaban J connectivity index is 2.45. The maximum atomic E-state index is 12.7. The molecule has 0 fully saturated rings. The van der Waals surface area contributed by atoms with Crippen molar-refractivity contribution < 1.29 is 4.39 Å². The molecular formula is C10H15FN2. The van der Waals surface area contributed by atoms with Gasteiger partial charge in [-0.25, -0.2) is 4.39 Å². The number of anilines is 1. The van der Waals surface area contributed by atoms with E-state index in [1.165, 1.54) is 12.3 Å². The second-order valence-corrected chi connectivity index (χ2v) is 3.29. The van der Waals surface area contributed by atoms with E-state index in [-0.39, 0.29) is 5.82 Å². The van der Waals surface area contributed by atoms with E-state index >= 15 is 0 Å². The molecule has 0 aromatic carbocycles. The summed E-state index contributed by atoms with van der Waals surface area (Å²) >= 11 is 0. The van der Waals surface area contributed by atoms with Crippen molar-refractivity contribution in [2.24, 2.45) is 5.92 Å². The molecule has 0 saturated heterocycles. The molecule has 0 bridgehead atoms. The van der Waals surface area contributed by atoms with Gasteiger partial charge in [-0.3, -0.25) is 4.98 Å². The largest absolute Gasteiger partial charge is 0.383 e. The zero-order valence-electron chi connectivity index (χ0n) is 8.05. The Hall–Kier alpha value is -1.12. The minimum atomic E-state index is -0.297. The van der Waals surface area contributed by atoms with Crippen molar-refractivity contribution in [3.63, 3.8) is 0 Å². The fraction of sp³-hybridized carbons (Fsp3) is 0.500. The maximum Gasteiger partial charge on any atom is 0.143 e. The summed E-state index contributed by atoms with van der Waals surface area (Å²) in [5.74, 6) is 0.303. The van der Waals surface area contributed by atoms with E-state index in [0.717, 1.165) is 18.7 Å². The van der Waals surface area contributed by atoms with Crippen molar-refractivity contribution in [1.82, 2.24) is 4.98 Å². The van der Waals surface area contributed by atoms with Crippen LogP contribution in [-0.4, -0.2) is 11.5 Å². The van der Waals surface area contributed by atoms with Gasteiger partial charge in [0.1, 0.15) is 5.82 Å². The molecule has 0 aliphatic rings. The van der Waals surface area contributed by atoms with Gasteiger partial charge >= 0.3 is 0 Å². The first kappa shape index (κ1) is 9.96. The molecule has 1 atom stereocenters. The summed E-state index contributed by atoms with van der Waals surface area (Å²) in [5.41, 5.74) is 0.750. The molecule has 1 aromatic heterocycles. The third kappa shape index (κ3) is 3.40. The summed E-state index contributed by atoms with van der Waals surface area (Å²) in [6, 6.07) is 1.45. The molecule has 0 radical (unpaired) electrons. The fourth-order valence-electron chi connectivity index (χ4n) is 0.945. The Morgan fingerprint density at radius 3 is 2.92 bits per heavy atom. The normalized spacial score (nSPS) is 12.5. The Bertz CT molecular complexity index is 263. The highest BCUT2D eigenvalue weighted by molar-refractivity contribution is 5.40. The van der Waals surface area contributed by atoms with E-state index in [1.807, 2.05) is 0 Å². The summed E-state index contributed by atoms with van der Waals surface area (Å²) in [6.07, 6.45) is 3.95. The van der Waals surface area contributed by atoms with E-state index < -0.39 is 0 Å². The SMILES string of the molecule is CCC(C)CNc1cncc(F)c1. The van der Waals surface area contributed by atoms with Gasteiger partial charge in [-0.2, -0.15) is 0 Å². The highest BCUT2D eigenvalue weighted by Gasteiger charge is 1.99. The van der Waals surface area contributed by atoms with Gasteiger partial charge < -0.3 is 5.32 Å². The van der Waals surface area contributed by atoms with E-state index in [0.29, 0.717) is 5.92 Å². The molecule has 1 rings (SSSR count). The zero-order valence-corrected chi connectivity index (χ0v) is 8.05. The molecule has 72 valence electrons. The minimum Gasteiger partial charge on any atom is -0.383 e. The van der Waals surface area contributed by atoms with Gasteiger partial charge in [0, 0.05) is 12.6 Å². The van der Waals surface area contributed by atoms with Crippen LogP contribution in [0.15, 0.2) is 18.5 Å². The molecule has 1 unspecified atom stereocenters. The summed E-state index contributed by atoms with van der Waals surface area (Å²) in [6.45, 7) is 5.15. The van der Waals surface area contributed by atoms with E-state index in [1.54, 1.807) is 6.20 Å². The van der Waals surface area contributed by atoms with Gasteiger partial charge in [0.2, 0.25) is 0 Å². The van der Waals surface area contributed by atoms with Crippen LogP contribution >= 0.6 is 0 Å². The van der Waals surface area contributed by atoms with Crippen LogP contribution in [0.2, 0.25) is 0 Å². The van der Waals surface area contributed by atoms with Gasteiger partial charge in [-0.05, 0) is 5.92 Å². The number of nitrogens with one attached hydrogen (secondary N) is 1. The molecule has 0 aliphatic heterocycles. The first-order chi connectivity index (χ1) is 6.22. The van der Waals surface area contributed by atoms with E-state index in [2.05, 4.69) is 24.1 Å². The number of aromatic nitrogens is 1. The second kappa shape index (κ2) is 4.80. The summed E-state index contributed by atoms with van der Waals surface area (Å²) in [7, 11) is 0. The molecule has 0 amide bonds. The predicted octanol–water partition coefficient (Wildman–Crippen LogP) is 2.68. The van der Waals surface area contributed by atoms with Crippen LogP contribution in [0.3, 0.4) is 0 Å². The molecular weight excluding hydrogens is 167 g/mol. The van der Waals surface area contributed by atoms with Crippen LogP contribution in [0.4, 0.5) is 10.1 Å². The van der Waals surface area contributed by atoms with Crippen molar-refractivity contribution >= 4 is 5.69 Å². The van der Waals surface area contributed by atoms with Crippen LogP contribution in [0.25, 0.3) is 0 Å². The van der Waals surface area contributed by atoms with Crippen molar-refractivity contribution in [2.75, 3.05) is 11.9 Å². The molecule has 3 heteroatoms. The van der Waals surface area contributed by atoms with Crippen LogP contribution in [-0.2, 0) is 0 Å². The van der Waals surface area contributed by atoms with Crippen molar-refractivity contribution in [3.8, 4) is 0 Å². The topological polar surface area (TPSA) is 24.9 Å². The van der Waals surface area contributed by atoms with Gasteiger partial charge in [0.15, 0.2) is 0 Å². The lowest BCUT2D eigenvalue weighted by molar-refractivity contribution is 0.591. The molecule has 0 aliphatic carbocycles. The van der Waals surface area contributed by atoms with Gasteiger partial charge in [-0.1, -0.05) is 20.3 Å². The quantitative estimate of drug-likeness (QED) is 0.774. The van der Waals surface area contributed by atoms with Gasteiger partial charge in [-0.15, -0.1) is 0 Å². The number of halogens is 1. The summed E-state index contributed by atoms with van der Waals surface area (Å²) in [4.78, 5) is 3.75. The fourth-order valence-corrected chi connectivity index (χ4v) is 0.945. The number of hydrogen-bond donors (Lipinski definition) is 1. The number of pyridine rings is 1. The minimum absolute atomic E-state index is 0.297. The third-order valence-electron chi connectivity index (χ3n) is 2.06. The highest BCUT2D eigenvalue weighted by Crippen LogP contribution is 2.08. The maximum absolute atomic E-state index is 12.7. The van der Waals surface area contributed by atoms with Gasteiger partial charge in [0.05, 0.1) is 18.1 Å². The first-order valence-electron chi connectivity index (χ1n) is 4.56. The smallest absolute Gasteiger partial charge is 0.143 e. The Morgan fingerprint density at radius 2 is 2.31 bits per heavy atom. The molecule has 1 N–H and O–H groups in total. The Morgan fingerprint density at radius 1 is 1.54 bits per heavy atom. The second-order valence-electron chi connectivity index (χ2n) is 3.29. The molecule has 0 saturated carbocycles. The Labute approximate surface area is 78.2 Å². The lowest BCUT2D eigenvalue weighted by atomic mass is 10.1. The van der Waals surface area contributed by atoms with Gasteiger partial charge in [0.25, 0.3) is 0 Å². The van der Waals surface area contributed by atoms with Crippen LogP contribution in [0, 0.1) is 11.7 Å². The zero-order chi connectivity index (χ0) is 9.68. The monoisotopic (exact) mass is 182 g/mol. The number of nitrogens with zero attached hydrogens (tertiary/aromatic N) is 1. The standard InChI is InChI=1S/C10H15FN2/c1-3-8(2)5-13-10-4-9(11)6-12-7-10/h4,6-8,13H,3,5H2,1-2H3. The summed E-state index contributed by atoms with van der Waals surface area (Å²) in [5, 5.41) is 3.13. The first-order valence-corrected chi connectivity index (χ1v) is 4.56. The van der Waals surface area contributed by atoms with Crippen molar-refractivity contribution in [2.45, 2.75) is 20.3 Å². The van der Waals surface area contributed by atoms with Crippen molar-refractivity contribution in [1.29, 1.82) is 0 Å². The lowest BCUT2D eigenvalue weighted by Gasteiger charge is -2.10. The van der Waals surface area contributed by atoms with E-state index in [4.69, 9.17) is 0 Å². The Kier molecular flexibility index (Phi) is 3.68. The number of rotatable bonds is 4. The summed E-state index contributed by atoms with van der Waals surface area (Å²) < 4.78 is 12.7. The molecule has 2 nitrogen and oxygen atoms in total. The van der Waals surface area contributed by atoms with Crippen LogP contribution < -0.4 is 5.32 Å².